The van der Waals surface area contributed by atoms with Crippen molar-refractivity contribution >= 4 is 23.6 Å². The van der Waals surface area contributed by atoms with Gasteiger partial charge in [-0.05, 0) is 23.8 Å². The van der Waals surface area contributed by atoms with E-state index < -0.39 is 36.6 Å². The Balaban J connectivity index is 1.87. The van der Waals surface area contributed by atoms with Crippen molar-refractivity contribution in [2.45, 2.75) is 30.7 Å². The molecule has 0 bridgehead atoms. The van der Waals surface area contributed by atoms with Gasteiger partial charge in [-0.1, -0.05) is 23.7 Å². The highest BCUT2D eigenvalue weighted by Crippen LogP contribution is 2.21. The van der Waals surface area contributed by atoms with Gasteiger partial charge < -0.3 is 30.1 Å². The summed E-state index contributed by atoms with van der Waals surface area (Å²) in [6, 6.07) is 6.95. The quantitative estimate of drug-likeness (QED) is 0.549. The smallest absolute Gasteiger partial charge is 0.244 e. The zero-order chi connectivity index (χ0) is 17.7. The summed E-state index contributed by atoms with van der Waals surface area (Å²) in [5.41, 5.74) is 0.807. The van der Waals surface area contributed by atoms with Crippen molar-refractivity contribution in [3.05, 3.63) is 40.9 Å². The first-order valence-corrected chi connectivity index (χ1v) is 7.74. The lowest BCUT2D eigenvalue weighted by molar-refractivity contribution is -0.288. The lowest BCUT2D eigenvalue weighted by Gasteiger charge is -2.39. The molecule has 1 amide bonds. The molecule has 0 saturated carbocycles. The normalized spacial score (nSPS) is 30.5. The summed E-state index contributed by atoms with van der Waals surface area (Å²) in [6.45, 7) is -0.0470. The first-order chi connectivity index (χ1) is 11.4. The van der Waals surface area contributed by atoms with Crippen molar-refractivity contribution < 1.29 is 29.6 Å². The van der Waals surface area contributed by atoms with Gasteiger partial charge in [0.2, 0.25) is 5.91 Å². The minimum absolute atomic E-state index is 0.0470. The van der Waals surface area contributed by atoms with Crippen LogP contribution in [0.3, 0.4) is 0 Å². The summed E-state index contributed by atoms with van der Waals surface area (Å²) in [7, 11) is 1.31. The third-order valence-corrected chi connectivity index (χ3v) is 3.93. The number of hydrogen-bond acceptors (Lipinski definition) is 6. The molecule has 1 aliphatic heterocycles. The second-order valence-corrected chi connectivity index (χ2v) is 5.82. The topological polar surface area (TPSA) is 108 Å². The number of nitrogens with one attached hydrogen (secondary N) is 1. The van der Waals surface area contributed by atoms with Crippen LogP contribution in [0.4, 0.5) is 0 Å². The molecule has 4 N–H and O–H groups in total. The van der Waals surface area contributed by atoms with Gasteiger partial charge in [0.1, 0.15) is 24.4 Å². The molecule has 1 fully saturated rings. The summed E-state index contributed by atoms with van der Waals surface area (Å²) in [4.78, 5) is 11.8. The maximum Gasteiger partial charge on any atom is 0.244 e. The summed E-state index contributed by atoms with van der Waals surface area (Å²) in [5, 5.41) is 32.5. The predicted octanol–water partition coefficient (Wildman–Crippen LogP) is -0.0766. The van der Waals surface area contributed by atoms with E-state index in [-0.39, 0.29) is 6.54 Å². The van der Waals surface area contributed by atoms with E-state index in [4.69, 9.17) is 21.1 Å². The van der Waals surface area contributed by atoms with Crippen molar-refractivity contribution in [1.82, 2.24) is 5.32 Å². The molecule has 0 unspecified atom stereocenters. The van der Waals surface area contributed by atoms with E-state index in [9.17, 15) is 20.1 Å². The van der Waals surface area contributed by atoms with Crippen molar-refractivity contribution in [2.24, 2.45) is 0 Å². The van der Waals surface area contributed by atoms with Crippen LogP contribution in [0.1, 0.15) is 5.56 Å². The van der Waals surface area contributed by atoms with Crippen molar-refractivity contribution in [3.63, 3.8) is 0 Å². The standard InChI is InChI=1S/C16H20ClNO6/c1-23-16-15(22)14(21)13(20)11(24-16)8-18-12(19)7-4-9-2-5-10(17)6-3-9/h2-7,11,13-16,20-22H,8H2,1H3,(H,18,19)/t11-,13-,14+,15+,16+/m1/s1. The van der Waals surface area contributed by atoms with Gasteiger partial charge in [-0.3, -0.25) is 4.79 Å². The van der Waals surface area contributed by atoms with Gasteiger partial charge in [0.25, 0.3) is 0 Å². The monoisotopic (exact) mass is 357 g/mol. The average Bonchev–Trinajstić information content (AvgIpc) is 2.58. The van der Waals surface area contributed by atoms with Gasteiger partial charge in [-0.25, -0.2) is 0 Å². The number of hydrogen-bond donors (Lipinski definition) is 4. The number of ether oxygens (including phenoxy) is 2. The number of benzene rings is 1. The van der Waals surface area contributed by atoms with Crippen LogP contribution in [0.2, 0.25) is 5.02 Å². The number of rotatable bonds is 5. The van der Waals surface area contributed by atoms with Crippen LogP contribution >= 0.6 is 11.6 Å². The Kier molecular flexibility index (Phi) is 6.73. The van der Waals surface area contributed by atoms with E-state index in [2.05, 4.69) is 5.32 Å². The molecule has 7 nitrogen and oxygen atoms in total. The molecule has 24 heavy (non-hydrogen) atoms. The molecule has 1 aliphatic rings. The van der Waals surface area contributed by atoms with Gasteiger partial charge in [0.15, 0.2) is 6.29 Å². The van der Waals surface area contributed by atoms with Crippen LogP contribution in [-0.2, 0) is 14.3 Å². The molecule has 1 heterocycles. The number of amides is 1. The first kappa shape index (κ1) is 18.9. The van der Waals surface area contributed by atoms with Crippen LogP contribution < -0.4 is 5.32 Å². The Labute approximate surface area is 144 Å². The molecule has 1 aromatic carbocycles. The number of carbonyl (C=O) groups is 1. The highest BCUT2D eigenvalue weighted by Gasteiger charge is 2.43. The lowest BCUT2D eigenvalue weighted by Crippen LogP contribution is -2.60. The average molecular weight is 358 g/mol. The van der Waals surface area contributed by atoms with Gasteiger partial charge in [0, 0.05) is 24.8 Å². The Bertz CT molecular complexity index is 576. The van der Waals surface area contributed by atoms with E-state index in [1.54, 1.807) is 30.3 Å². The summed E-state index contributed by atoms with van der Waals surface area (Å²) >= 11 is 5.78. The molecule has 1 saturated heterocycles. The fourth-order valence-corrected chi connectivity index (χ4v) is 2.41. The third-order valence-electron chi connectivity index (χ3n) is 3.68. The summed E-state index contributed by atoms with van der Waals surface area (Å²) in [6.07, 6.45) is -3.15. The second-order valence-electron chi connectivity index (χ2n) is 5.38. The number of aliphatic hydroxyl groups is 3. The predicted molar refractivity (Wildman–Crippen MR) is 87.2 cm³/mol. The van der Waals surface area contributed by atoms with E-state index >= 15 is 0 Å². The maximum atomic E-state index is 11.8. The van der Waals surface area contributed by atoms with Crippen molar-refractivity contribution in [1.29, 1.82) is 0 Å². The van der Waals surface area contributed by atoms with E-state index in [1.807, 2.05) is 0 Å². The van der Waals surface area contributed by atoms with E-state index in [1.165, 1.54) is 13.2 Å². The van der Waals surface area contributed by atoms with Crippen molar-refractivity contribution in [3.8, 4) is 0 Å². The Morgan fingerprint density at radius 1 is 1.25 bits per heavy atom. The Morgan fingerprint density at radius 3 is 2.54 bits per heavy atom. The molecule has 0 spiro atoms. The molecule has 132 valence electrons. The van der Waals surface area contributed by atoms with E-state index in [0.717, 1.165) is 5.56 Å². The number of halogens is 1. The molecule has 0 radical (unpaired) electrons. The molecule has 0 aliphatic carbocycles. The number of methoxy groups -OCH3 is 1. The number of carbonyl (C=O) groups excluding carboxylic acids is 1. The van der Waals surface area contributed by atoms with Gasteiger partial charge in [0.05, 0.1) is 0 Å². The lowest BCUT2D eigenvalue weighted by atomic mass is 9.99. The molecule has 8 heteroatoms. The minimum Gasteiger partial charge on any atom is -0.388 e. The van der Waals surface area contributed by atoms with Crippen LogP contribution in [0, 0.1) is 0 Å². The zero-order valence-electron chi connectivity index (χ0n) is 13.0. The maximum absolute atomic E-state index is 11.8. The molecule has 2 rings (SSSR count). The van der Waals surface area contributed by atoms with E-state index in [0.29, 0.717) is 5.02 Å². The number of aliphatic hydroxyl groups excluding tert-OH is 3. The molecule has 0 aromatic heterocycles. The van der Waals surface area contributed by atoms with Gasteiger partial charge >= 0.3 is 0 Å². The molecule has 1 aromatic rings. The van der Waals surface area contributed by atoms with Crippen molar-refractivity contribution in [2.75, 3.05) is 13.7 Å². The van der Waals surface area contributed by atoms with Crippen LogP contribution in [-0.4, -0.2) is 65.6 Å². The van der Waals surface area contributed by atoms with Crippen LogP contribution in [0.5, 0.6) is 0 Å². The third kappa shape index (κ3) is 4.76. The molecular weight excluding hydrogens is 338 g/mol. The van der Waals surface area contributed by atoms with Gasteiger partial charge in [-0.2, -0.15) is 0 Å². The summed E-state index contributed by atoms with van der Waals surface area (Å²) in [5.74, 6) is -0.393. The highest BCUT2D eigenvalue weighted by molar-refractivity contribution is 6.30. The highest BCUT2D eigenvalue weighted by atomic mass is 35.5. The second kappa shape index (κ2) is 8.57. The van der Waals surface area contributed by atoms with Crippen LogP contribution in [0.15, 0.2) is 30.3 Å². The Hall–Kier alpha value is -1.48. The Morgan fingerprint density at radius 2 is 1.92 bits per heavy atom. The first-order valence-electron chi connectivity index (χ1n) is 7.36. The zero-order valence-corrected chi connectivity index (χ0v) is 13.8. The minimum atomic E-state index is -1.42. The molecular formula is C16H20ClNO6. The molecule has 5 atom stereocenters. The van der Waals surface area contributed by atoms with Gasteiger partial charge in [-0.15, -0.1) is 0 Å². The fraction of sp³-hybridized carbons (Fsp3) is 0.438. The van der Waals surface area contributed by atoms with Crippen LogP contribution in [0.25, 0.3) is 6.08 Å². The fourth-order valence-electron chi connectivity index (χ4n) is 2.29. The largest absolute Gasteiger partial charge is 0.388 e. The summed E-state index contributed by atoms with van der Waals surface area (Å²) < 4.78 is 10.2. The SMILES string of the molecule is CO[C@H]1O[C@H](CNC(=O)C=Cc2ccc(Cl)cc2)[C@@H](O)[C@H](O)[C@@H]1O.